The van der Waals surface area contributed by atoms with Crippen LogP contribution in [0.3, 0.4) is 0 Å². The summed E-state index contributed by atoms with van der Waals surface area (Å²) in [5.41, 5.74) is 1.96. The second-order valence-corrected chi connectivity index (χ2v) is 6.55. The zero-order chi connectivity index (χ0) is 14.1. The van der Waals surface area contributed by atoms with Crippen LogP contribution in [0.4, 0.5) is 0 Å². The summed E-state index contributed by atoms with van der Waals surface area (Å²) in [5, 5.41) is 3.81. The van der Waals surface area contributed by atoms with Gasteiger partial charge in [-0.05, 0) is 43.7 Å². The first-order valence-electron chi connectivity index (χ1n) is 6.82. The standard InChI is InChI=1S/C15H17NO3S/c1-9-3-4-13-11(5-9)7-14(20-13)15(17)18-8-12-6-10(2)19-16-12/h6-7,9H,3-5,8H2,1-2H3/t9-/m1/s1. The molecule has 0 unspecified atom stereocenters. The highest BCUT2D eigenvalue weighted by molar-refractivity contribution is 7.14. The lowest BCUT2D eigenvalue weighted by molar-refractivity contribution is 0.0470. The van der Waals surface area contributed by atoms with Crippen LogP contribution >= 0.6 is 11.3 Å². The quantitative estimate of drug-likeness (QED) is 0.812. The van der Waals surface area contributed by atoms with Crippen LogP contribution < -0.4 is 0 Å². The Labute approximate surface area is 121 Å². The predicted octanol–water partition coefficient (Wildman–Crippen LogP) is 3.53. The Morgan fingerprint density at radius 2 is 2.40 bits per heavy atom. The first-order chi connectivity index (χ1) is 9.61. The van der Waals surface area contributed by atoms with E-state index in [4.69, 9.17) is 9.26 Å². The molecule has 4 nitrogen and oxygen atoms in total. The molecular formula is C15H17NO3S. The molecule has 1 aliphatic carbocycles. The number of rotatable bonds is 3. The minimum Gasteiger partial charge on any atom is -0.455 e. The zero-order valence-electron chi connectivity index (χ0n) is 11.6. The van der Waals surface area contributed by atoms with E-state index in [1.807, 2.05) is 13.0 Å². The smallest absolute Gasteiger partial charge is 0.348 e. The van der Waals surface area contributed by atoms with Crippen molar-refractivity contribution in [2.24, 2.45) is 5.92 Å². The van der Waals surface area contributed by atoms with E-state index >= 15 is 0 Å². The molecule has 1 atom stereocenters. The molecule has 0 saturated carbocycles. The molecule has 106 valence electrons. The van der Waals surface area contributed by atoms with Gasteiger partial charge in [0.15, 0.2) is 0 Å². The van der Waals surface area contributed by atoms with Crippen molar-refractivity contribution >= 4 is 17.3 Å². The number of nitrogens with zero attached hydrogens (tertiary/aromatic N) is 1. The highest BCUT2D eigenvalue weighted by Gasteiger charge is 2.21. The number of hydrogen-bond donors (Lipinski definition) is 0. The van der Waals surface area contributed by atoms with Gasteiger partial charge in [-0.3, -0.25) is 0 Å². The van der Waals surface area contributed by atoms with E-state index in [-0.39, 0.29) is 12.6 Å². The maximum Gasteiger partial charge on any atom is 0.348 e. The highest BCUT2D eigenvalue weighted by atomic mass is 32.1. The van der Waals surface area contributed by atoms with Gasteiger partial charge in [-0.2, -0.15) is 0 Å². The summed E-state index contributed by atoms with van der Waals surface area (Å²) in [5.74, 6) is 1.16. The minimum atomic E-state index is -0.266. The number of thiophene rings is 1. The molecule has 0 aromatic carbocycles. The third-order valence-electron chi connectivity index (χ3n) is 3.56. The van der Waals surface area contributed by atoms with Gasteiger partial charge in [0.05, 0.1) is 0 Å². The minimum absolute atomic E-state index is 0.162. The molecule has 0 N–H and O–H groups in total. The predicted molar refractivity (Wildman–Crippen MR) is 75.9 cm³/mol. The van der Waals surface area contributed by atoms with Crippen LogP contribution in [-0.2, 0) is 24.2 Å². The molecule has 20 heavy (non-hydrogen) atoms. The van der Waals surface area contributed by atoms with Crippen molar-refractivity contribution in [3.63, 3.8) is 0 Å². The van der Waals surface area contributed by atoms with Gasteiger partial charge in [0.25, 0.3) is 0 Å². The third-order valence-corrected chi connectivity index (χ3v) is 4.78. The normalized spacial score (nSPS) is 17.8. The van der Waals surface area contributed by atoms with E-state index < -0.39 is 0 Å². The molecule has 0 fully saturated rings. The van der Waals surface area contributed by atoms with Crippen molar-refractivity contribution in [2.45, 2.75) is 39.7 Å². The van der Waals surface area contributed by atoms with E-state index in [1.165, 1.54) is 16.9 Å². The number of hydrogen-bond acceptors (Lipinski definition) is 5. The summed E-state index contributed by atoms with van der Waals surface area (Å²) in [4.78, 5) is 14.1. The average Bonchev–Trinajstić information content (AvgIpc) is 3.01. The van der Waals surface area contributed by atoms with Gasteiger partial charge in [-0.1, -0.05) is 12.1 Å². The van der Waals surface area contributed by atoms with Gasteiger partial charge in [0.2, 0.25) is 0 Å². The van der Waals surface area contributed by atoms with Crippen LogP contribution in [0.1, 0.15) is 44.9 Å². The molecule has 0 bridgehead atoms. The van der Waals surface area contributed by atoms with Crippen LogP contribution in [0.5, 0.6) is 0 Å². The Hall–Kier alpha value is -1.62. The number of aromatic nitrogens is 1. The maximum atomic E-state index is 12.1. The molecule has 2 aromatic heterocycles. The number of ether oxygens (including phenoxy) is 1. The van der Waals surface area contributed by atoms with Crippen molar-refractivity contribution in [1.29, 1.82) is 0 Å². The van der Waals surface area contributed by atoms with Gasteiger partial charge in [0, 0.05) is 10.9 Å². The van der Waals surface area contributed by atoms with E-state index in [9.17, 15) is 4.79 Å². The molecule has 0 aliphatic heterocycles. The zero-order valence-corrected chi connectivity index (χ0v) is 12.5. The van der Waals surface area contributed by atoms with Gasteiger partial charge >= 0.3 is 5.97 Å². The molecule has 3 rings (SSSR count). The summed E-state index contributed by atoms with van der Waals surface area (Å²) < 4.78 is 10.2. The number of fused-ring (bicyclic) bond motifs is 1. The van der Waals surface area contributed by atoms with E-state index in [0.717, 1.165) is 18.6 Å². The van der Waals surface area contributed by atoms with Crippen LogP contribution in [0.2, 0.25) is 0 Å². The molecule has 2 heterocycles. The van der Waals surface area contributed by atoms with Gasteiger partial charge in [0.1, 0.15) is 22.9 Å². The summed E-state index contributed by atoms with van der Waals surface area (Å²) in [7, 11) is 0. The molecule has 0 radical (unpaired) electrons. The molecular weight excluding hydrogens is 274 g/mol. The summed E-state index contributed by atoms with van der Waals surface area (Å²) in [6.45, 7) is 4.23. The van der Waals surface area contributed by atoms with E-state index in [0.29, 0.717) is 16.5 Å². The topological polar surface area (TPSA) is 52.3 Å². The number of aryl methyl sites for hydroxylation is 2. The molecule has 0 spiro atoms. The van der Waals surface area contributed by atoms with Gasteiger partial charge in [-0.25, -0.2) is 4.79 Å². The Morgan fingerprint density at radius 3 is 3.15 bits per heavy atom. The van der Waals surface area contributed by atoms with Crippen molar-refractivity contribution in [3.8, 4) is 0 Å². The monoisotopic (exact) mass is 291 g/mol. The molecule has 0 saturated heterocycles. The van der Waals surface area contributed by atoms with Gasteiger partial charge in [-0.15, -0.1) is 11.3 Å². The fraction of sp³-hybridized carbons (Fsp3) is 0.467. The van der Waals surface area contributed by atoms with Crippen LogP contribution in [0.25, 0.3) is 0 Å². The SMILES string of the molecule is Cc1cc(COC(=O)c2cc3c(s2)CC[C@@H](C)C3)no1. The summed E-state index contributed by atoms with van der Waals surface area (Å²) in [6.07, 6.45) is 3.36. The first-order valence-corrected chi connectivity index (χ1v) is 7.64. The fourth-order valence-corrected chi connectivity index (χ4v) is 3.61. The summed E-state index contributed by atoms with van der Waals surface area (Å²) >= 11 is 1.57. The lowest BCUT2D eigenvalue weighted by Crippen LogP contribution is -2.08. The van der Waals surface area contributed by atoms with Crippen molar-refractivity contribution in [2.75, 3.05) is 0 Å². The Bertz CT molecular complexity index is 629. The Morgan fingerprint density at radius 1 is 1.55 bits per heavy atom. The van der Waals surface area contributed by atoms with Crippen molar-refractivity contribution < 1.29 is 14.1 Å². The van der Waals surface area contributed by atoms with Crippen LogP contribution in [-0.4, -0.2) is 11.1 Å². The lowest BCUT2D eigenvalue weighted by Gasteiger charge is -2.16. The number of carbonyl (C=O) groups is 1. The van der Waals surface area contributed by atoms with Crippen LogP contribution in [0.15, 0.2) is 16.7 Å². The van der Waals surface area contributed by atoms with E-state index in [2.05, 4.69) is 12.1 Å². The second kappa shape index (κ2) is 5.40. The lowest BCUT2D eigenvalue weighted by atomic mass is 9.90. The molecule has 2 aromatic rings. The molecule has 5 heteroatoms. The maximum absolute atomic E-state index is 12.1. The first kappa shape index (κ1) is 13.4. The fourth-order valence-electron chi connectivity index (χ4n) is 2.50. The molecule has 0 amide bonds. The summed E-state index contributed by atoms with van der Waals surface area (Å²) in [6, 6.07) is 3.76. The largest absolute Gasteiger partial charge is 0.455 e. The van der Waals surface area contributed by atoms with E-state index in [1.54, 1.807) is 17.4 Å². The van der Waals surface area contributed by atoms with Crippen molar-refractivity contribution in [3.05, 3.63) is 38.9 Å². The number of carbonyl (C=O) groups excluding carboxylic acids is 1. The average molecular weight is 291 g/mol. The van der Waals surface area contributed by atoms with Gasteiger partial charge < -0.3 is 9.26 Å². The second-order valence-electron chi connectivity index (χ2n) is 5.41. The number of esters is 1. The molecule has 1 aliphatic rings. The van der Waals surface area contributed by atoms with Crippen LogP contribution in [0, 0.1) is 12.8 Å². The Balaban J connectivity index is 1.65. The highest BCUT2D eigenvalue weighted by Crippen LogP contribution is 2.32. The Kier molecular flexibility index (Phi) is 3.61. The third kappa shape index (κ3) is 2.77. The van der Waals surface area contributed by atoms with Crippen molar-refractivity contribution in [1.82, 2.24) is 5.16 Å².